The first-order valence-corrected chi connectivity index (χ1v) is 11.9. The summed E-state index contributed by atoms with van der Waals surface area (Å²) in [5.41, 5.74) is 4.59. The fourth-order valence-corrected chi connectivity index (χ4v) is 4.11. The number of benzene rings is 1. The second-order valence-electron chi connectivity index (χ2n) is 9.04. The van der Waals surface area contributed by atoms with Crippen molar-refractivity contribution in [1.29, 1.82) is 0 Å². The maximum Gasteiger partial charge on any atom is 0.203 e. The molecule has 0 bridgehead atoms. The first kappa shape index (κ1) is 24.3. The number of imidazole rings is 1. The molecule has 0 saturated carbocycles. The zero-order chi connectivity index (χ0) is 24.9. The lowest BCUT2D eigenvalue weighted by molar-refractivity contribution is 0.390. The lowest BCUT2D eigenvalue weighted by Gasteiger charge is -2.18. The number of aryl methyl sites for hydroxylation is 1. The molecule has 4 aromatic rings. The molecule has 4 rings (SSSR count). The average Bonchev–Trinajstić information content (AvgIpc) is 3.39. The standard InChI is InChI=1S/C27H34N8/c1-7-11-21(12-8-2)17-35-24-14-10-9-13-22(24)30-26(35)23-18-34-20(4)31-32-27(34)25(29-23)28-19(3)15-16-33(5)6/h7-14,18-19H,1,15-17H2,2-6H3,(H,28,29)/b12-8-,21-11+. The molecule has 1 atom stereocenters. The fraction of sp³-hybridized carbons (Fsp3) is 0.333. The Kier molecular flexibility index (Phi) is 7.41. The number of para-hydroxylation sites is 2. The molecule has 1 aromatic carbocycles. The monoisotopic (exact) mass is 470 g/mol. The van der Waals surface area contributed by atoms with Crippen molar-refractivity contribution in [3.8, 4) is 11.5 Å². The number of fused-ring (bicyclic) bond motifs is 2. The lowest BCUT2D eigenvalue weighted by Crippen LogP contribution is -2.24. The van der Waals surface area contributed by atoms with E-state index in [9.17, 15) is 0 Å². The van der Waals surface area contributed by atoms with Gasteiger partial charge in [-0.1, -0.05) is 43.0 Å². The summed E-state index contributed by atoms with van der Waals surface area (Å²) < 4.78 is 4.19. The minimum Gasteiger partial charge on any atom is -0.364 e. The van der Waals surface area contributed by atoms with Gasteiger partial charge in [-0.25, -0.2) is 9.97 Å². The van der Waals surface area contributed by atoms with E-state index in [1.165, 1.54) is 0 Å². The number of nitrogens with one attached hydrogen (secondary N) is 1. The second-order valence-corrected chi connectivity index (χ2v) is 9.04. The average molecular weight is 471 g/mol. The highest BCUT2D eigenvalue weighted by molar-refractivity contribution is 5.80. The third kappa shape index (κ3) is 5.33. The van der Waals surface area contributed by atoms with Gasteiger partial charge in [0, 0.05) is 18.8 Å². The number of anilines is 1. The summed E-state index contributed by atoms with van der Waals surface area (Å²) in [6, 6.07) is 8.40. The molecule has 0 amide bonds. The van der Waals surface area contributed by atoms with E-state index in [1.807, 2.05) is 60.9 Å². The van der Waals surface area contributed by atoms with Gasteiger partial charge in [0.15, 0.2) is 11.6 Å². The highest BCUT2D eigenvalue weighted by Crippen LogP contribution is 2.28. The molecule has 0 aliphatic rings. The Balaban J connectivity index is 1.85. The van der Waals surface area contributed by atoms with Crippen LogP contribution in [0.2, 0.25) is 0 Å². The molecular formula is C27H34N8. The van der Waals surface area contributed by atoms with Crippen molar-refractivity contribution in [2.24, 2.45) is 0 Å². The number of nitrogens with zero attached hydrogens (tertiary/aromatic N) is 7. The maximum atomic E-state index is 5.02. The van der Waals surface area contributed by atoms with Gasteiger partial charge in [-0.2, -0.15) is 0 Å². The van der Waals surface area contributed by atoms with Gasteiger partial charge in [0.05, 0.1) is 11.0 Å². The zero-order valence-corrected chi connectivity index (χ0v) is 21.2. The summed E-state index contributed by atoms with van der Waals surface area (Å²) in [7, 11) is 4.16. The highest BCUT2D eigenvalue weighted by Gasteiger charge is 2.19. The summed E-state index contributed by atoms with van der Waals surface area (Å²) in [6.45, 7) is 11.6. The predicted octanol–water partition coefficient (Wildman–Crippen LogP) is 4.89. The number of aromatic nitrogens is 6. The largest absolute Gasteiger partial charge is 0.364 e. The van der Waals surface area contributed by atoms with Crippen LogP contribution in [-0.4, -0.2) is 60.7 Å². The first-order valence-electron chi connectivity index (χ1n) is 11.9. The molecule has 0 aliphatic heterocycles. The van der Waals surface area contributed by atoms with E-state index in [0.29, 0.717) is 18.0 Å². The van der Waals surface area contributed by atoms with Gasteiger partial charge in [-0.15, -0.1) is 10.2 Å². The van der Waals surface area contributed by atoms with Gasteiger partial charge in [-0.05, 0) is 65.5 Å². The SMILES string of the molecule is C=C/C=C(\C=C/C)Cn1c(-c2cn3c(C)nnc3c(NC(C)CCN(C)C)n2)nc2ccccc21. The quantitative estimate of drug-likeness (QED) is 0.333. The van der Waals surface area contributed by atoms with Crippen LogP contribution in [0.3, 0.4) is 0 Å². The minimum atomic E-state index is 0.219. The summed E-state index contributed by atoms with van der Waals surface area (Å²) in [6.07, 6.45) is 10.9. The Morgan fingerprint density at radius 3 is 2.74 bits per heavy atom. The third-order valence-electron chi connectivity index (χ3n) is 5.89. The Hall–Kier alpha value is -3.78. The van der Waals surface area contributed by atoms with E-state index in [0.717, 1.165) is 46.9 Å². The smallest absolute Gasteiger partial charge is 0.203 e. The molecule has 0 saturated heterocycles. The van der Waals surface area contributed by atoms with Crippen molar-refractivity contribution < 1.29 is 0 Å². The van der Waals surface area contributed by atoms with Gasteiger partial charge in [-0.3, -0.25) is 4.40 Å². The number of allylic oxidation sites excluding steroid dienone is 5. The van der Waals surface area contributed by atoms with Crippen molar-refractivity contribution in [3.63, 3.8) is 0 Å². The summed E-state index contributed by atoms with van der Waals surface area (Å²) in [5.74, 6) is 2.31. The van der Waals surface area contributed by atoms with E-state index >= 15 is 0 Å². The van der Waals surface area contributed by atoms with Crippen molar-refractivity contribution >= 4 is 22.5 Å². The van der Waals surface area contributed by atoms with Crippen LogP contribution in [-0.2, 0) is 6.54 Å². The minimum absolute atomic E-state index is 0.219. The van der Waals surface area contributed by atoms with Crippen LogP contribution in [0.5, 0.6) is 0 Å². The first-order chi connectivity index (χ1) is 16.9. The van der Waals surface area contributed by atoms with Gasteiger partial charge < -0.3 is 14.8 Å². The normalized spacial score (nSPS) is 13.4. The van der Waals surface area contributed by atoms with Crippen LogP contribution < -0.4 is 5.32 Å². The molecule has 3 aromatic heterocycles. The van der Waals surface area contributed by atoms with Crippen molar-refractivity contribution in [2.75, 3.05) is 26.0 Å². The molecular weight excluding hydrogens is 436 g/mol. The molecule has 35 heavy (non-hydrogen) atoms. The van der Waals surface area contributed by atoms with Crippen molar-refractivity contribution in [3.05, 3.63) is 72.7 Å². The predicted molar refractivity (Wildman–Crippen MR) is 144 cm³/mol. The van der Waals surface area contributed by atoms with E-state index < -0.39 is 0 Å². The van der Waals surface area contributed by atoms with Gasteiger partial charge in [0.1, 0.15) is 11.5 Å². The summed E-state index contributed by atoms with van der Waals surface area (Å²) in [5, 5.41) is 12.3. The zero-order valence-electron chi connectivity index (χ0n) is 21.2. The van der Waals surface area contributed by atoms with Crippen LogP contribution in [0.15, 0.2) is 66.9 Å². The van der Waals surface area contributed by atoms with Gasteiger partial charge in [0.2, 0.25) is 5.65 Å². The molecule has 0 radical (unpaired) electrons. The Morgan fingerprint density at radius 1 is 1.20 bits per heavy atom. The molecule has 8 heteroatoms. The highest BCUT2D eigenvalue weighted by atomic mass is 15.3. The molecule has 1 unspecified atom stereocenters. The van der Waals surface area contributed by atoms with Gasteiger partial charge >= 0.3 is 0 Å². The van der Waals surface area contributed by atoms with E-state index in [2.05, 4.69) is 64.7 Å². The third-order valence-corrected chi connectivity index (χ3v) is 5.89. The van der Waals surface area contributed by atoms with Crippen molar-refractivity contribution in [1.82, 2.24) is 34.0 Å². The van der Waals surface area contributed by atoms with E-state index in [1.54, 1.807) is 0 Å². The van der Waals surface area contributed by atoms with Crippen LogP contribution in [0.1, 0.15) is 26.1 Å². The Labute approximate surface area is 206 Å². The molecule has 0 aliphatic carbocycles. The van der Waals surface area contributed by atoms with Crippen LogP contribution in [0.4, 0.5) is 5.82 Å². The molecule has 0 spiro atoms. The second kappa shape index (κ2) is 10.7. The molecule has 182 valence electrons. The molecule has 8 nitrogen and oxygen atoms in total. The summed E-state index contributed by atoms with van der Waals surface area (Å²) >= 11 is 0. The molecule has 3 heterocycles. The Bertz CT molecular complexity index is 1390. The fourth-order valence-electron chi connectivity index (χ4n) is 4.11. The number of rotatable bonds is 10. The lowest BCUT2D eigenvalue weighted by atomic mass is 10.2. The molecule has 1 N–H and O–H groups in total. The van der Waals surface area contributed by atoms with Crippen LogP contribution >= 0.6 is 0 Å². The Morgan fingerprint density at radius 2 is 2.00 bits per heavy atom. The van der Waals surface area contributed by atoms with Crippen LogP contribution in [0, 0.1) is 6.92 Å². The maximum absolute atomic E-state index is 5.02. The number of hydrogen-bond donors (Lipinski definition) is 1. The van der Waals surface area contributed by atoms with E-state index in [-0.39, 0.29) is 6.04 Å². The van der Waals surface area contributed by atoms with Crippen molar-refractivity contribution in [2.45, 2.75) is 39.8 Å². The van der Waals surface area contributed by atoms with Crippen LogP contribution in [0.25, 0.3) is 28.2 Å². The number of hydrogen-bond acceptors (Lipinski definition) is 6. The van der Waals surface area contributed by atoms with E-state index in [4.69, 9.17) is 9.97 Å². The van der Waals surface area contributed by atoms with Gasteiger partial charge in [0.25, 0.3) is 0 Å². The summed E-state index contributed by atoms with van der Waals surface area (Å²) in [4.78, 5) is 12.2. The molecule has 0 fully saturated rings. The topological polar surface area (TPSA) is 76.2 Å².